The van der Waals surface area contributed by atoms with E-state index in [0.29, 0.717) is 30.8 Å². The summed E-state index contributed by atoms with van der Waals surface area (Å²) < 4.78 is 41.5. The average molecular weight is 456 g/mol. The van der Waals surface area contributed by atoms with Crippen molar-refractivity contribution >= 4 is 33.2 Å². The van der Waals surface area contributed by atoms with Crippen molar-refractivity contribution in [2.45, 2.75) is 36.7 Å². The molecule has 1 saturated heterocycles. The summed E-state index contributed by atoms with van der Waals surface area (Å²) in [5.74, 6) is -1.47. The van der Waals surface area contributed by atoms with Gasteiger partial charge in [0.25, 0.3) is 0 Å². The Morgan fingerprint density at radius 1 is 1.20 bits per heavy atom. The molecule has 1 heterocycles. The number of carbonyl (C=O) groups excluding carboxylic acids is 1. The molecule has 30 heavy (non-hydrogen) atoms. The number of halogens is 2. The summed E-state index contributed by atoms with van der Waals surface area (Å²) in [7, 11) is -4.16. The summed E-state index contributed by atoms with van der Waals surface area (Å²) in [4.78, 5) is 22.7. The van der Waals surface area contributed by atoms with E-state index in [1.807, 2.05) is 0 Å². The fraction of sp³-hybridized carbons (Fsp3) is 0.316. The van der Waals surface area contributed by atoms with Crippen molar-refractivity contribution in [2.75, 3.05) is 6.54 Å². The molecule has 0 bridgehead atoms. The van der Waals surface area contributed by atoms with Crippen LogP contribution in [0.4, 0.5) is 10.1 Å². The number of nitro groups is 1. The van der Waals surface area contributed by atoms with Gasteiger partial charge < -0.3 is 5.32 Å². The molecule has 0 spiro atoms. The van der Waals surface area contributed by atoms with Crippen LogP contribution in [0, 0.1) is 15.9 Å². The van der Waals surface area contributed by atoms with E-state index in [1.54, 1.807) is 0 Å². The minimum absolute atomic E-state index is 0.0689. The fourth-order valence-electron chi connectivity index (χ4n) is 3.28. The molecule has 1 atom stereocenters. The zero-order chi connectivity index (χ0) is 21.9. The average Bonchev–Trinajstić information content (AvgIpc) is 2.91. The van der Waals surface area contributed by atoms with Crippen molar-refractivity contribution in [3.05, 3.63) is 69.0 Å². The Kier molecular flexibility index (Phi) is 6.69. The second kappa shape index (κ2) is 9.07. The highest BCUT2D eigenvalue weighted by molar-refractivity contribution is 7.89. The number of rotatable bonds is 6. The number of carbonyl (C=O) groups is 1. The van der Waals surface area contributed by atoms with Crippen LogP contribution in [0.25, 0.3) is 0 Å². The molecule has 11 heteroatoms. The van der Waals surface area contributed by atoms with Gasteiger partial charge in [-0.1, -0.05) is 17.7 Å². The molecular formula is C19H19ClFN3O5S. The smallest absolute Gasteiger partial charge is 0.305 e. The topological polar surface area (TPSA) is 110 Å². The van der Waals surface area contributed by atoms with E-state index in [0.717, 1.165) is 16.4 Å². The predicted molar refractivity (Wildman–Crippen MR) is 108 cm³/mol. The van der Waals surface area contributed by atoms with Gasteiger partial charge in [0.1, 0.15) is 6.04 Å². The number of benzene rings is 2. The van der Waals surface area contributed by atoms with Crippen molar-refractivity contribution in [3.8, 4) is 0 Å². The van der Waals surface area contributed by atoms with E-state index < -0.39 is 38.4 Å². The van der Waals surface area contributed by atoms with Gasteiger partial charge in [-0.2, -0.15) is 8.70 Å². The molecule has 160 valence electrons. The van der Waals surface area contributed by atoms with Crippen molar-refractivity contribution in [1.29, 1.82) is 0 Å². The number of nitrogens with one attached hydrogen (secondary N) is 1. The number of sulfonamides is 1. The minimum atomic E-state index is -4.16. The Labute approximate surface area is 177 Å². The molecule has 0 aromatic heterocycles. The lowest BCUT2D eigenvalue weighted by Crippen LogP contribution is -2.48. The second-order valence-electron chi connectivity index (χ2n) is 6.85. The second-order valence-corrected chi connectivity index (χ2v) is 9.18. The fourth-order valence-corrected chi connectivity index (χ4v) is 5.01. The molecule has 1 aliphatic rings. The Balaban J connectivity index is 2.05. The van der Waals surface area contributed by atoms with Crippen molar-refractivity contribution in [2.24, 2.45) is 0 Å². The summed E-state index contributed by atoms with van der Waals surface area (Å²) in [5, 5.41) is 14.1. The predicted octanol–water partition coefficient (Wildman–Crippen LogP) is 3.25. The minimum Gasteiger partial charge on any atom is -0.355 e. The van der Waals surface area contributed by atoms with E-state index in [4.69, 9.17) is 11.6 Å². The van der Waals surface area contributed by atoms with Crippen LogP contribution in [0.1, 0.15) is 24.8 Å². The Morgan fingerprint density at radius 2 is 1.90 bits per heavy atom. The maximum absolute atomic E-state index is 13.7. The van der Waals surface area contributed by atoms with Crippen LogP contribution in [0.2, 0.25) is 5.02 Å². The number of hydrogen-bond acceptors (Lipinski definition) is 5. The van der Waals surface area contributed by atoms with Gasteiger partial charge in [0, 0.05) is 24.2 Å². The first kappa shape index (κ1) is 22.1. The molecular weight excluding hydrogens is 437 g/mol. The quantitative estimate of drug-likeness (QED) is 0.531. The van der Waals surface area contributed by atoms with Crippen LogP contribution in [0.15, 0.2) is 47.4 Å². The molecule has 1 amide bonds. The van der Waals surface area contributed by atoms with Crippen molar-refractivity contribution in [1.82, 2.24) is 9.62 Å². The van der Waals surface area contributed by atoms with Crippen LogP contribution < -0.4 is 5.32 Å². The molecule has 0 saturated carbocycles. The van der Waals surface area contributed by atoms with Crippen molar-refractivity contribution in [3.63, 3.8) is 0 Å². The summed E-state index contributed by atoms with van der Waals surface area (Å²) in [6, 6.07) is 7.64. The van der Waals surface area contributed by atoms with Crippen LogP contribution in [0.5, 0.6) is 0 Å². The van der Waals surface area contributed by atoms with Crippen molar-refractivity contribution < 1.29 is 22.5 Å². The van der Waals surface area contributed by atoms with E-state index in [-0.39, 0.29) is 17.0 Å². The van der Waals surface area contributed by atoms with Gasteiger partial charge in [-0.15, -0.1) is 0 Å². The SMILES string of the molecule is O=C1NCCCCC1N(Cc1ccc(F)c([N+](=O)[O-])c1)S(=O)(=O)c1ccc(Cl)cc1. The Hall–Kier alpha value is -2.56. The third kappa shape index (κ3) is 4.77. The normalized spacial score (nSPS) is 17.4. The lowest BCUT2D eigenvalue weighted by Gasteiger charge is -2.29. The van der Waals surface area contributed by atoms with E-state index in [2.05, 4.69) is 5.32 Å². The molecule has 0 radical (unpaired) electrons. The summed E-state index contributed by atoms with van der Waals surface area (Å²) in [6.07, 6.45) is 1.63. The molecule has 2 aromatic rings. The zero-order valence-corrected chi connectivity index (χ0v) is 17.3. The van der Waals surface area contributed by atoms with Gasteiger partial charge in [0.2, 0.25) is 21.7 Å². The van der Waals surface area contributed by atoms with Gasteiger partial charge in [-0.25, -0.2) is 8.42 Å². The van der Waals surface area contributed by atoms with Crippen LogP contribution in [0.3, 0.4) is 0 Å². The highest BCUT2D eigenvalue weighted by atomic mass is 35.5. The first-order valence-electron chi connectivity index (χ1n) is 9.18. The monoisotopic (exact) mass is 455 g/mol. The van der Waals surface area contributed by atoms with E-state index >= 15 is 0 Å². The molecule has 3 rings (SSSR count). The third-order valence-electron chi connectivity index (χ3n) is 4.82. The molecule has 1 N–H and O–H groups in total. The first-order valence-corrected chi connectivity index (χ1v) is 11.0. The lowest BCUT2D eigenvalue weighted by atomic mass is 10.1. The standard InChI is InChI=1S/C19H19ClFN3O5S/c20-14-5-7-15(8-6-14)30(28,29)23(17-3-1-2-10-22-19(17)25)12-13-4-9-16(21)18(11-13)24(26)27/h4-9,11,17H,1-3,10,12H2,(H,22,25). The molecule has 1 aliphatic heterocycles. The van der Waals surface area contributed by atoms with Crippen LogP contribution in [-0.4, -0.2) is 36.1 Å². The number of amides is 1. The zero-order valence-electron chi connectivity index (χ0n) is 15.8. The van der Waals surface area contributed by atoms with Gasteiger partial charge in [0.15, 0.2) is 0 Å². The number of nitrogens with zero attached hydrogens (tertiary/aromatic N) is 2. The molecule has 1 fully saturated rings. The highest BCUT2D eigenvalue weighted by Crippen LogP contribution is 2.27. The summed E-state index contributed by atoms with van der Waals surface area (Å²) in [5.41, 5.74) is -0.570. The molecule has 8 nitrogen and oxygen atoms in total. The van der Waals surface area contributed by atoms with E-state index in [9.17, 15) is 27.7 Å². The maximum Gasteiger partial charge on any atom is 0.305 e. The molecule has 2 aromatic carbocycles. The Bertz CT molecular complexity index is 1060. The molecule has 0 aliphatic carbocycles. The van der Waals surface area contributed by atoms with Gasteiger partial charge in [-0.3, -0.25) is 14.9 Å². The largest absolute Gasteiger partial charge is 0.355 e. The van der Waals surface area contributed by atoms with Gasteiger partial charge >= 0.3 is 5.69 Å². The number of nitro benzene ring substituents is 1. The van der Waals surface area contributed by atoms with Gasteiger partial charge in [-0.05, 0) is 55.2 Å². The summed E-state index contributed by atoms with van der Waals surface area (Å²) >= 11 is 5.85. The highest BCUT2D eigenvalue weighted by Gasteiger charge is 2.36. The molecule has 1 unspecified atom stereocenters. The van der Waals surface area contributed by atoms with E-state index in [1.165, 1.54) is 30.3 Å². The maximum atomic E-state index is 13.7. The Morgan fingerprint density at radius 3 is 2.57 bits per heavy atom. The van der Waals surface area contributed by atoms with Crippen LogP contribution >= 0.6 is 11.6 Å². The third-order valence-corrected chi connectivity index (χ3v) is 6.94. The van der Waals surface area contributed by atoms with Crippen LogP contribution in [-0.2, 0) is 21.4 Å². The lowest BCUT2D eigenvalue weighted by molar-refractivity contribution is -0.387. The summed E-state index contributed by atoms with van der Waals surface area (Å²) in [6.45, 7) is 0.107. The van der Waals surface area contributed by atoms with Gasteiger partial charge in [0.05, 0.1) is 9.82 Å². The first-order chi connectivity index (χ1) is 14.2. The number of hydrogen-bond donors (Lipinski definition) is 1.